The summed E-state index contributed by atoms with van der Waals surface area (Å²) in [5.74, 6) is -3.80. The van der Waals surface area contributed by atoms with Gasteiger partial charge in [0.05, 0.1) is 0 Å². The quantitative estimate of drug-likeness (QED) is 0.225. The van der Waals surface area contributed by atoms with E-state index in [2.05, 4.69) is 0 Å². The first-order valence-electron chi connectivity index (χ1n) is 10.5. The Morgan fingerprint density at radius 1 is 0.424 bits per heavy atom. The van der Waals surface area contributed by atoms with Crippen molar-refractivity contribution in [3.63, 3.8) is 0 Å². The summed E-state index contributed by atoms with van der Waals surface area (Å²) in [6.45, 7) is 0. The smallest absolute Gasteiger partial charge is 0.200 e. The van der Waals surface area contributed by atoms with Gasteiger partial charge in [0, 0.05) is 23.0 Å². The van der Waals surface area contributed by atoms with Gasteiger partial charge in [-0.05, 0) is 29.7 Å². The van der Waals surface area contributed by atoms with Crippen molar-refractivity contribution in [1.29, 1.82) is 0 Å². The monoisotopic (exact) mass is 444 g/mol. The molecule has 0 amide bonds. The molecule has 4 aromatic carbocycles. The molecule has 33 heavy (non-hydrogen) atoms. The zero-order valence-electron chi connectivity index (χ0n) is 17.6. The van der Waals surface area contributed by atoms with Crippen LogP contribution in [-0.2, 0) is 0 Å². The molecule has 4 rings (SSSR count). The predicted octanol–water partition coefficient (Wildman–Crippen LogP) is 5.27. The Labute approximate surface area is 190 Å². The van der Waals surface area contributed by atoms with Crippen LogP contribution in [0.25, 0.3) is 0 Å². The third-order valence-corrected chi connectivity index (χ3v) is 5.95. The Kier molecular flexibility index (Phi) is 6.00. The number of aromatic hydroxyl groups is 6. The SMILES string of the molecule is Oc1ccc(C(CC(c2ccccc2)c2ccc(O)c(O)c2O)c2ccccc2)c(O)c1O. The van der Waals surface area contributed by atoms with Crippen LogP contribution in [0.2, 0.25) is 0 Å². The average molecular weight is 444 g/mol. The number of phenolic OH excluding ortho intramolecular Hbond substituents is 6. The molecule has 2 atom stereocenters. The van der Waals surface area contributed by atoms with Crippen LogP contribution in [0.5, 0.6) is 34.5 Å². The molecule has 0 radical (unpaired) electrons. The highest BCUT2D eigenvalue weighted by atomic mass is 16.3. The molecule has 2 unspecified atom stereocenters. The predicted molar refractivity (Wildman–Crippen MR) is 124 cm³/mol. The van der Waals surface area contributed by atoms with Crippen LogP contribution in [-0.4, -0.2) is 30.6 Å². The molecular formula is C27H24O6. The summed E-state index contributed by atoms with van der Waals surface area (Å²) >= 11 is 0. The summed E-state index contributed by atoms with van der Waals surface area (Å²) in [6.07, 6.45) is 0.337. The highest BCUT2D eigenvalue weighted by Crippen LogP contribution is 2.49. The second-order valence-corrected chi connectivity index (χ2v) is 7.90. The molecule has 6 heteroatoms. The zero-order chi connectivity index (χ0) is 23.5. The van der Waals surface area contributed by atoms with E-state index in [0.29, 0.717) is 17.5 Å². The highest BCUT2D eigenvalue weighted by Gasteiger charge is 2.29. The van der Waals surface area contributed by atoms with Crippen molar-refractivity contribution in [2.45, 2.75) is 18.3 Å². The van der Waals surface area contributed by atoms with Crippen molar-refractivity contribution >= 4 is 0 Å². The van der Waals surface area contributed by atoms with Crippen molar-refractivity contribution in [2.75, 3.05) is 0 Å². The summed E-state index contributed by atoms with van der Waals surface area (Å²) in [6, 6.07) is 24.5. The molecular weight excluding hydrogens is 420 g/mol. The Balaban J connectivity index is 1.89. The first kappa shape index (κ1) is 21.9. The molecule has 0 aliphatic carbocycles. The normalized spacial score (nSPS) is 12.8. The van der Waals surface area contributed by atoms with Crippen molar-refractivity contribution in [3.05, 3.63) is 107 Å². The van der Waals surface area contributed by atoms with Gasteiger partial charge in [-0.1, -0.05) is 72.8 Å². The van der Waals surface area contributed by atoms with Crippen LogP contribution in [0.1, 0.15) is 40.5 Å². The molecule has 168 valence electrons. The Morgan fingerprint density at radius 3 is 1.15 bits per heavy atom. The number of phenols is 6. The molecule has 0 aliphatic heterocycles. The van der Waals surface area contributed by atoms with Crippen molar-refractivity contribution in [1.82, 2.24) is 0 Å². The molecule has 0 aromatic heterocycles. The van der Waals surface area contributed by atoms with Gasteiger partial charge in [0.2, 0.25) is 11.5 Å². The van der Waals surface area contributed by atoms with E-state index in [4.69, 9.17) is 0 Å². The van der Waals surface area contributed by atoms with E-state index in [1.807, 2.05) is 60.7 Å². The van der Waals surface area contributed by atoms with Crippen molar-refractivity contribution < 1.29 is 30.6 Å². The molecule has 0 heterocycles. The van der Waals surface area contributed by atoms with E-state index < -0.39 is 46.3 Å². The number of benzene rings is 4. The second kappa shape index (κ2) is 9.04. The fourth-order valence-corrected chi connectivity index (χ4v) is 4.22. The second-order valence-electron chi connectivity index (χ2n) is 7.90. The first-order chi connectivity index (χ1) is 15.9. The maximum atomic E-state index is 10.7. The lowest BCUT2D eigenvalue weighted by atomic mass is 9.77. The fourth-order valence-electron chi connectivity index (χ4n) is 4.22. The summed E-state index contributed by atoms with van der Waals surface area (Å²) in [7, 11) is 0. The van der Waals surface area contributed by atoms with Gasteiger partial charge in [-0.2, -0.15) is 0 Å². The van der Waals surface area contributed by atoms with Crippen LogP contribution >= 0.6 is 0 Å². The molecule has 0 fully saturated rings. The average Bonchev–Trinajstić information content (AvgIpc) is 2.84. The largest absolute Gasteiger partial charge is 0.504 e. The topological polar surface area (TPSA) is 121 Å². The van der Waals surface area contributed by atoms with E-state index in [0.717, 1.165) is 11.1 Å². The first-order valence-corrected chi connectivity index (χ1v) is 10.5. The van der Waals surface area contributed by atoms with Crippen LogP contribution in [0.4, 0.5) is 0 Å². The van der Waals surface area contributed by atoms with Crippen LogP contribution < -0.4 is 0 Å². The van der Waals surface area contributed by atoms with Crippen LogP contribution in [0.15, 0.2) is 84.9 Å². The molecule has 4 aromatic rings. The van der Waals surface area contributed by atoms with Gasteiger partial charge in [-0.15, -0.1) is 0 Å². The van der Waals surface area contributed by atoms with E-state index in [-0.39, 0.29) is 0 Å². The lowest BCUT2D eigenvalue weighted by molar-refractivity contribution is 0.360. The summed E-state index contributed by atoms with van der Waals surface area (Å²) in [5.41, 5.74) is 2.50. The summed E-state index contributed by atoms with van der Waals surface area (Å²) < 4.78 is 0. The van der Waals surface area contributed by atoms with Gasteiger partial charge in [-0.3, -0.25) is 0 Å². The molecule has 0 saturated carbocycles. The zero-order valence-corrected chi connectivity index (χ0v) is 17.6. The third kappa shape index (κ3) is 4.23. The Bertz CT molecular complexity index is 1160. The van der Waals surface area contributed by atoms with Crippen molar-refractivity contribution in [3.8, 4) is 34.5 Å². The summed E-state index contributed by atoms with van der Waals surface area (Å²) in [5, 5.41) is 61.3. The molecule has 6 nitrogen and oxygen atoms in total. The molecule has 6 N–H and O–H groups in total. The fraction of sp³-hybridized carbons (Fsp3) is 0.111. The number of hydrogen-bond acceptors (Lipinski definition) is 6. The van der Waals surface area contributed by atoms with Crippen molar-refractivity contribution in [2.24, 2.45) is 0 Å². The number of rotatable bonds is 6. The highest BCUT2D eigenvalue weighted by molar-refractivity contribution is 5.58. The molecule has 0 bridgehead atoms. The maximum absolute atomic E-state index is 10.7. The third-order valence-electron chi connectivity index (χ3n) is 5.95. The number of hydrogen-bond donors (Lipinski definition) is 6. The van der Waals surface area contributed by atoms with Gasteiger partial charge in [0.1, 0.15) is 0 Å². The molecule has 0 spiro atoms. The molecule has 0 aliphatic rings. The van der Waals surface area contributed by atoms with E-state index in [1.54, 1.807) is 12.1 Å². The maximum Gasteiger partial charge on any atom is 0.200 e. The Morgan fingerprint density at radius 2 is 0.788 bits per heavy atom. The van der Waals surface area contributed by atoms with E-state index >= 15 is 0 Å². The van der Waals surface area contributed by atoms with E-state index in [1.165, 1.54) is 12.1 Å². The van der Waals surface area contributed by atoms with E-state index in [9.17, 15) is 30.6 Å². The summed E-state index contributed by atoms with van der Waals surface area (Å²) in [4.78, 5) is 0. The lowest BCUT2D eigenvalue weighted by Crippen LogP contribution is -2.10. The van der Waals surface area contributed by atoms with Crippen LogP contribution in [0.3, 0.4) is 0 Å². The van der Waals surface area contributed by atoms with Gasteiger partial charge in [-0.25, -0.2) is 0 Å². The van der Waals surface area contributed by atoms with Gasteiger partial charge < -0.3 is 30.6 Å². The van der Waals surface area contributed by atoms with Gasteiger partial charge in [0.25, 0.3) is 0 Å². The van der Waals surface area contributed by atoms with Gasteiger partial charge in [0.15, 0.2) is 23.0 Å². The minimum absolute atomic E-state index is 0.337. The minimum Gasteiger partial charge on any atom is -0.504 e. The standard InChI is InChI=1S/C27H24O6/c28-22-13-11-18(24(30)26(22)32)20(16-7-3-1-4-8-16)15-21(17-9-5-2-6-10-17)19-12-14-23(29)27(33)25(19)31/h1-14,20-21,28-33H,15H2. The van der Waals surface area contributed by atoms with Gasteiger partial charge >= 0.3 is 0 Å². The Hall–Kier alpha value is -4.32. The van der Waals surface area contributed by atoms with Crippen LogP contribution in [0, 0.1) is 0 Å². The minimum atomic E-state index is -0.602. The molecule has 0 saturated heterocycles. The lowest BCUT2D eigenvalue weighted by Gasteiger charge is -2.27.